The third-order valence-corrected chi connectivity index (χ3v) is 8.35. The number of hydrogen-bond acceptors (Lipinski definition) is 7. The van der Waals surface area contributed by atoms with Gasteiger partial charge in [0.05, 0.1) is 0 Å². The van der Waals surface area contributed by atoms with Crippen molar-refractivity contribution in [2.75, 3.05) is 86.6 Å². The third-order valence-electron chi connectivity index (χ3n) is 8.35. The Hall–Kier alpha value is -0.980. The number of nitrogens with zero attached hydrogens (tertiary/aromatic N) is 6. The van der Waals surface area contributed by atoms with Gasteiger partial charge in [-0.15, -0.1) is 0 Å². The van der Waals surface area contributed by atoms with Gasteiger partial charge in [-0.05, 0) is 83.5 Å². The van der Waals surface area contributed by atoms with Crippen molar-refractivity contribution in [2.24, 2.45) is 5.73 Å². The third kappa shape index (κ3) is 12.1. The summed E-state index contributed by atoms with van der Waals surface area (Å²) >= 11 is 0. The summed E-state index contributed by atoms with van der Waals surface area (Å²) in [6, 6.07) is -1.46. The topological polar surface area (TPSA) is 62.5 Å². The normalized spacial score (nSPS) is 26.0. The predicted molar refractivity (Wildman–Crippen MR) is 160 cm³/mol. The van der Waals surface area contributed by atoms with Crippen LogP contribution in [0.3, 0.4) is 0 Å². The standard InChI is InChI=1S/C10H19F3N2.C10H21N3O.C9H20N2/c1-9(2,3)15-6-5-14(4)8(7-15)10(11,12)13;1-10(2,3)13-6-5-12(4)8(7-13)9(11)14;1-9(2,3)11-7-5-10(4)6-8-11/h8H,5-7H2,1-4H3;8H,5-7H2,1-4H3,(H2,11,14);5-8H2,1-4H3. The molecule has 0 radical (unpaired) electrons. The molecule has 238 valence electrons. The Morgan fingerprint density at radius 1 is 0.600 bits per heavy atom. The fraction of sp³-hybridized carbons (Fsp3) is 0.966. The van der Waals surface area contributed by atoms with Crippen molar-refractivity contribution in [1.29, 1.82) is 0 Å². The molecule has 3 fully saturated rings. The Bertz CT molecular complexity index is 766. The van der Waals surface area contributed by atoms with Crippen molar-refractivity contribution in [3.05, 3.63) is 0 Å². The SMILES string of the molecule is CN1CCN(C(C)(C)C)CC1.CN1CCN(C(C)(C)C)CC1C(F)(F)F.CN1CCN(C(C)(C)C)CC1C(N)=O. The molecule has 8 nitrogen and oxygen atoms in total. The molecule has 0 aliphatic carbocycles. The minimum Gasteiger partial charge on any atom is -0.368 e. The van der Waals surface area contributed by atoms with Crippen molar-refractivity contribution < 1.29 is 18.0 Å². The lowest BCUT2D eigenvalue weighted by Gasteiger charge is -2.45. The fourth-order valence-corrected chi connectivity index (χ4v) is 5.10. The zero-order valence-corrected chi connectivity index (χ0v) is 27.5. The van der Waals surface area contributed by atoms with Gasteiger partial charge in [0.15, 0.2) is 0 Å². The smallest absolute Gasteiger partial charge is 0.368 e. The first-order valence-corrected chi connectivity index (χ1v) is 14.6. The Balaban J connectivity index is 0.000000304. The monoisotopic (exact) mass is 579 g/mol. The molecule has 0 saturated carbocycles. The molecule has 2 unspecified atom stereocenters. The van der Waals surface area contributed by atoms with Crippen molar-refractivity contribution in [3.63, 3.8) is 0 Å². The number of piperazine rings is 3. The first kappa shape index (κ1) is 37.0. The lowest BCUT2D eigenvalue weighted by Crippen LogP contribution is -2.61. The van der Waals surface area contributed by atoms with E-state index in [0.29, 0.717) is 18.6 Å². The summed E-state index contributed by atoms with van der Waals surface area (Å²) in [4.78, 5) is 23.8. The van der Waals surface area contributed by atoms with Crippen molar-refractivity contribution in [3.8, 4) is 0 Å². The number of amides is 1. The van der Waals surface area contributed by atoms with Gasteiger partial charge in [-0.1, -0.05) is 0 Å². The summed E-state index contributed by atoms with van der Waals surface area (Å²) in [6.45, 7) is 28.0. The number of alkyl halides is 3. The van der Waals surface area contributed by atoms with Crippen LogP contribution in [0.4, 0.5) is 13.2 Å². The van der Waals surface area contributed by atoms with Gasteiger partial charge >= 0.3 is 6.18 Å². The Labute approximate surface area is 243 Å². The highest BCUT2D eigenvalue weighted by Crippen LogP contribution is 2.29. The quantitative estimate of drug-likeness (QED) is 0.513. The first-order valence-electron chi connectivity index (χ1n) is 14.6. The van der Waals surface area contributed by atoms with Gasteiger partial charge in [-0.3, -0.25) is 29.3 Å². The summed E-state index contributed by atoms with van der Waals surface area (Å²) in [5.74, 6) is -0.221. The maximum Gasteiger partial charge on any atom is 0.405 e. The van der Waals surface area contributed by atoms with Crippen molar-refractivity contribution in [2.45, 2.75) is 97.2 Å². The van der Waals surface area contributed by atoms with E-state index in [1.807, 2.05) is 37.6 Å². The van der Waals surface area contributed by atoms with E-state index in [1.165, 1.54) is 38.1 Å². The van der Waals surface area contributed by atoms with Crippen LogP contribution >= 0.6 is 0 Å². The molecule has 40 heavy (non-hydrogen) atoms. The Morgan fingerprint density at radius 2 is 0.975 bits per heavy atom. The van der Waals surface area contributed by atoms with Crippen LogP contribution in [0.1, 0.15) is 62.3 Å². The number of carbonyl (C=O) groups is 1. The Morgan fingerprint density at radius 3 is 1.35 bits per heavy atom. The molecule has 11 heteroatoms. The second-order valence-electron chi connectivity index (χ2n) is 14.6. The number of halogens is 3. The molecule has 3 aliphatic heterocycles. The molecule has 0 bridgehead atoms. The maximum absolute atomic E-state index is 12.7. The van der Waals surface area contributed by atoms with Gasteiger partial charge in [-0.2, -0.15) is 13.2 Å². The number of nitrogens with two attached hydrogens (primary N) is 1. The molecule has 0 spiro atoms. The number of hydrogen-bond donors (Lipinski definition) is 1. The second-order valence-corrected chi connectivity index (χ2v) is 14.6. The number of primary amides is 1. The largest absolute Gasteiger partial charge is 0.405 e. The van der Waals surface area contributed by atoms with Gasteiger partial charge in [0.25, 0.3) is 0 Å². The fourth-order valence-electron chi connectivity index (χ4n) is 5.10. The van der Waals surface area contributed by atoms with Crippen molar-refractivity contribution in [1.82, 2.24) is 29.4 Å². The van der Waals surface area contributed by atoms with E-state index in [0.717, 1.165) is 19.6 Å². The van der Waals surface area contributed by atoms with E-state index < -0.39 is 12.2 Å². The van der Waals surface area contributed by atoms with Crippen LogP contribution in [-0.2, 0) is 4.79 Å². The lowest BCUT2D eigenvalue weighted by atomic mass is 10.0. The lowest BCUT2D eigenvalue weighted by molar-refractivity contribution is -0.197. The van der Waals surface area contributed by atoms with Gasteiger partial charge in [-0.25, -0.2) is 0 Å². The minimum atomic E-state index is -4.13. The molecule has 0 aromatic heterocycles. The zero-order chi connectivity index (χ0) is 31.3. The number of likely N-dealkylation sites (N-methyl/N-ethyl adjacent to an activating group) is 3. The molecule has 3 heterocycles. The minimum absolute atomic E-state index is 0.0729. The highest BCUT2D eigenvalue weighted by molar-refractivity contribution is 5.80. The molecule has 1 amide bonds. The molecular formula is C29H60F3N7O. The summed E-state index contributed by atoms with van der Waals surface area (Å²) in [7, 11) is 5.69. The van der Waals surface area contributed by atoms with Crippen LogP contribution in [0.2, 0.25) is 0 Å². The summed E-state index contributed by atoms with van der Waals surface area (Å²) < 4.78 is 38.1. The second kappa shape index (κ2) is 14.5. The van der Waals surface area contributed by atoms with Crippen LogP contribution in [0, 0.1) is 0 Å². The van der Waals surface area contributed by atoms with E-state index >= 15 is 0 Å². The molecular weight excluding hydrogens is 519 g/mol. The van der Waals surface area contributed by atoms with E-state index in [2.05, 4.69) is 63.3 Å². The summed E-state index contributed by atoms with van der Waals surface area (Å²) in [5.41, 5.74) is 5.65. The molecule has 3 aliphatic rings. The number of rotatable bonds is 1. The summed E-state index contributed by atoms with van der Waals surface area (Å²) in [6.07, 6.45) is -4.13. The predicted octanol–water partition coefficient (Wildman–Crippen LogP) is 2.88. The zero-order valence-electron chi connectivity index (χ0n) is 27.5. The van der Waals surface area contributed by atoms with Gasteiger partial charge in [0, 0.05) is 82.1 Å². The summed E-state index contributed by atoms with van der Waals surface area (Å²) in [5, 5.41) is 0. The molecule has 2 atom stereocenters. The van der Waals surface area contributed by atoms with Crippen molar-refractivity contribution >= 4 is 5.91 Å². The first-order chi connectivity index (χ1) is 17.9. The molecule has 0 aromatic carbocycles. The van der Waals surface area contributed by atoms with Crippen LogP contribution in [0.25, 0.3) is 0 Å². The van der Waals surface area contributed by atoms with Crippen LogP contribution in [-0.4, -0.2) is 157 Å². The highest BCUT2D eigenvalue weighted by atomic mass is 19.4. The van der Waals surface area contributed by atoms with E-state index in [4.69, 9.17) is 5.73 Å². The Kier molecular flexibility index (Phi) is 13.4. The van der Waals surface area contributed by atoms with Crippen LogP contribution in [0.5, 0.6) is 0 Å². The van der Waals surface area contributed by atoms with E-state index in [9.17, 15) is 18.0 Å². The van der Waals surface area contributed by atoms with Gasteiger partial charge < -0.3 is 10.6 Å². The molecule has 2 N–H and O–H groups in total. The maximum atomic E-state index is 12.7. The molecule has 0 aromatic rings. The van der Waals surface area contributed by atoms with E-state index in [1.54, 1.807) is 0 Å². The molecule has 3 saturated heterocycles. The average Bonchev–Trinajstić information content (AvgIpc) is 2.77. The van der Waals surface area contributed by atoms with Crippen LogP contribution < -0.4 is 5.73 Å². The number of carbonyl (C=O) groups excluding carboxylic acids is 1. The average molecular weight is 580 g/mol. The van der Waals surface area contributed by atoms with Crippen LogP contribution in [0.15, 0.2) is 0 Å². The molecule has 3 rings (SSSR count). The van der Waals surface area contributed by atoms with E-state index in [-0.39, 0.29) is 29.6 Å². The van der Waals surface area contributed by atoms with Gasteiger partial charge in [0.1, 0.15) is 12.1 Å². The van der Waals surface area contributed by atoms with Gasteiger partial charge in [0.2, 0.25) is 5.91 Å². The highest BCUT2D eigenvalue weighted by Gasteiger charge is 2.46.